The third kappa shape index (κ3) is 3.75. The van der Waals surface area contributed by atoms with Crippen molar-refractivity contribution in [1.82, 2.24) is 19.2 Å². The van der Waals surface area contributed by atoms with Gasteiger partial charge < -0.3 is 0 Å². The zero-order valence-electron chi connectivity index (χ0n) is 13.4. The summed E-state index contributed by atoms with van der Waals surface area (Å²) in [4.78, 5) is 2.20. The molecule has 0 atom stereocenters. The lowest BCUT2D eigenvalue weighted by Gasteiger charge is -2.16. The van der Waals surface area contributed by atoms with E-state index in [0.29, 0.717) is 11.4 Å². The fourth-order valence-electron chi connectivity index (χ4n) is 2.48. The van der Waals surface area contributed by atoms with Gasteiger partial charge in [-0.25, -0.2) is 4.68 Å². The number of aryl methyl sites for hydroxylation is 1. The highest BCUT2D eigenvalue weighted by Gasteiger charge is 2.06. The van der Waals surface area contributed by atoms with Crippen LogP contribution in [-0.2, 0) is 13.2 Å². The van der Waals surface area contributed by atoms with Crippen LogP contribution in [0.4, 0.5) is 0 Å². The van der Waals surface area contributed by atoms with E-state index in [1.165, 1.54) is 11.1 Å². The topological polar surface area (TPSA) is 26.0 Å². The summed E-state index contributed by atoms with van der Waals surface area (Å²) in [5.41, 5.74) is 3.59. The van der Waals surface area contributed by atoms with E-state index in [-0.39, 0.29) is 0 Å². The van der Waals surface area contributed by atoms with Crippen LogP contribution in [0, 0.1) is 11.7 Å². The second-order valence-electron chi connectivity index (χ2n) is 5.76. The van der Waals surface area contributed by atoms with Crippen molar-refractivity contribution in [3.63, 3.8) is 0 Å². The number of hydrogen-bond acceptors (Lipinski definition) is 3. The van der Waals surface area contributed by atoms with Gasteiger partial charge >= 0.3 is 0 Å². The molecule has 3 aromatic rings. The molecule has 0 bridgehead atoms. The minimum Gasteiger partial charge on any atom is -0.283 e. The van der Waals surface area contributed by atoms with Gasteiger partial charge in [-0.2, -0.15) is 5.10 Å². The molecule has 5 heteroatoms. The van der Waals surface area contributed by atoms with Gasteiger partial charge in [-0.15, -0.1) is 0 Å². The minimum absolute atomic E-state index is 0.659. The van der Waals surface area contributed by atoms with Crippen LogP contribution in [0.1, 0.15) is 11.1 Å². The highest BCUT2D eigenvalue weighted by Crippen LogP contribution is 2.10. The van der Waals surface area contributed by atoms with E-state index in [4.69, 9.17) is 12.2 Å². The van der Waals surface area contributed by atoms with Crippen LogP contribution in [0.3, 0.4) is 0 Å². The fourth-order valence-corrected chi connectivity index (χ4v) is 2.74. The molecule has 0 N–H and O–H groups in total. The molecule has 0 fully saturated rings. The first kappa shape index (κ1) is 15.6. The molecule has 0 aliphatic carbocycles. The zero-order valence-corrected chi connectivity index (χ0v) is 14.2. The molecule has 3 rings (SSSR count). The SMILES string of the molecule is Cc1ccc(CN(C)Cn2ncn(-c3ccccc3)c2=S)cc1. The molecule has 0 aliphatic heterocycles. The lowest BCUT2D eigenvalue weighted by molar-refractivity contribution is 0.244. The van der Waals surface area contributed by atoms with Crippen LogP contribution in [0.5, 0.6) is 0 Å². The third-order valence-corrected chi connectivity index (χ3v) is 4.12. The molecule has 0 amide bonds. The predicted molar refractivity (Wildman–Crippen MR) is 95.0 cm³/mol. The highest BCUT2D eigenvalue weighted by atomic mass is 32.1. The summed E-state index contributed by atoms with van der Waals surface area (Å²) in [6.45, 7) is 3.62. The largest absolute Gasteiger partial charge is 0.283 e. The summed E-state index contributed by atoms with van der Waals surface area (Å²) < 4.78 is 4.47. The molecule has 0 spiro atoms. The molecule has 0 radical (unpaired) electrons. The second-order valence-corrected chi connectivity index (χ2v) is 6.12. The smallest absolute Gasteiger partial charge is 0.203 e. The monoisotopic (exact) mass is 324 g/mol. The molecule has 0 saturated heterocycles. The van der Waals surface area contributed by atoms with Crippen LogP contribution >= 0.6 is 12.2 Å². The molecule has 2 aromatic carbocycles. The predicted octanol–water partition coefficient (Wildman–Crippen LogP) is 3.80. The Kier molecular flexibility index (Phi) is 4.69. The van der Waals surface area contributed by atoms with Gasteiger partial charge in [0.25, 0.3) is 0 Å². The first-order chi connectivity index (χ1) is 11.1. The molecule has 1 heterocycles. The number of rotatable bonds is 5. The van der Waals surface area contributed by atoms with Crippen molar-refractivity contribution in [3.05, 3.63) is 76.8 Å². The highest BCUT2D eigenvalue weighted by molar-refractivity contribution is 7.71. The first-order valence-electron chi connectivity index (χ1n) is 7.57. The Bertz CT molecular complexity index is 818. The van der Waals surface area contributed by atoms with Crippen molar-refractivity contribution in [2.45, 2.75) is 20.1 Å². The number of nitrogens with zero attached hydrogens (tertiary/aromatic N) is 4. The van der Waals surface area contributed by atoms with Crippen LogP contribution < -0.4 is 0 Å². The molecule has 23 heavy (non-hydrogen) atoms. The molecule has 0 unspecified atom stereocenters. The van der Waals surface area contributed by atoms with Gasteiger partial charge in [-0.1, -0.05) is 48.0 Å². The molecular weight excluding hydrogens is 304 g/mol. The van der Waals surface area contributed by atoms with Crippen LogP contribution in [0.15, 0.2) is 60.9 Å². The van der Waals surface area contributed by atoms with Crippen LogP contribution in [0.25, 0.3) is 5.69 Å². The van der Waals surface area contributed by atoms with Gasteiger partial charge in [0, 0.05) is 12.2 Å². The van der Waals surface area contributed by atoms with E-state index < -0.39 is 0 Å². The van der Waals surface area contributed by atoms with Gasteiger partial charge in [0.05, 0.1) is 6.67 Å². The summed E-state index contributed by atoms with van der Waals surface area (Å²) in [6, 6.07) is 18.6. The Morgan fingerprint density at radius 2 is 1.74 bits per heavy atom. The van der Waals surface area contributed by atoms with Gasteiger partial charge in [0.1, 0.15) is 6.33 Å². The van der Waals surface area contributed by atoms with E-state index >= 15 is 0 Å². The molecular formula is C18H20N4S. The maximum atomic E-state index is 5.54. The molecule has 118 valence electrons. The van der Waals surface area contributed by atoms with Gasteiger partial charge in [-0.3, -0.25) is 9.47 Å². The van der Waals surface area contributed by atoms with Crippen LogP contribution in [-0.4, -0.2) is 26.3 Å². The Hall–Kier alpha value is -2.24. The number of aromatic nitrogens is 3. The molecule has 0 saturated carbocycles. The summed E-state index contributed by atoms with van der Waals surface area (Å²) >= 11 is 5.54. The van der Waals surface area contributed by atoms with Gasteiger partial charge in [-0.05, 0) is 43.9 Å². The number of hydrogen-bond donors (Lipinski definition) is 0. The second kappa shape index (κ2) is 6.89. The molecule has 1 aromatic heterocycles. The Balaban J connectivity index is 1.72. The Morgan fingerprint density at radius 3 is 2.43 bits per heavy atom. The summed E-state index contributed by atoms with van der Waals surface area (Å²) in [5.74, 6) is 0. The van der Waals surface area contributed by atoms with Crippen molar-refractivity contribution >= 4 is 12.2 Å². The molecule has 4 nitrogen and oxygen atoms in total. The summed E-state index contributed by atoms with van der Waals surface area (Å²) in [5, 5.41) is 4.42. The standard InChI is InChI=1S/C18H20N4S/c1-15-8-10-16(11-9-15)12-20(2)14-22-18(23)21(13-19-22)17-6-4-3-5-7-17/h3-11,13H,12,14H2,1-2H3. The minimum atomic E-state index is 0.659. The number of benzene rings is 2. The van der Waals surface area contributed by atoms with Crippen LogP contribution in [0.2, 0.25) is 0 Å². The summed E-state index contributed by atoms with van der Waals surface area (Å²) in [6.07, 6.45) is 1.78. The van der Waals surface area contributed by atoms with Gasteiger partial charge in [0.15, 0.2) is 0 Å². The van der Waals surface area contributed by atoms with E-state index in [1.54, 1.807) is 6.33 Å². The quantitative estimate of drug-likeness (QED) is 0.668. The first-order valence-corrected chi connectivity index (χ1v) is 7.98. The lowest BCUT2D eigenvalue weighted by Crippen LogP contribution is -2.22. The van der Waals surface area contributed by atoms with Crippen molar-refractivity contribution in [1.29, 1.82) is 0 Å². The van der Waals surface area contributed by atoms with E-state index in [9.17, 15) is 0 Å². The Morgan fingerprint density at radius 1 is 1.04 bits per heavy atom. The summed E-state index contributed by atoms with van der Waals surface area (Å²) in [7, 11) is 2.07. The average molecular weight is 324 g/mol. The van der Waals surface area contributed by atoms with Crippen molar-refractivity contribution in [3.8, 4) is 5.69 Å². The van der Waals surface area contributed by atoms with E-state index in [0.717, 1.165) is 12.2 Å². The normalized spacial score (nSPS) is 11.1. The van der Waals surface area contributed by atoms with Crippen molar-refractivity contribution in [2.24, 2.45) is 0 Å². The van der Waals surface area contributed by atoms with E-state index in [1.807, 2.05) is 39.6 Å². The maximum Gasteiger partial charge on any atom is 0.203 e. The van der Waals surface area contributed by atoms with E-state index in [2.05, 4.69) is 48.2 Å². The molecule has 0 aliphatic rings. The van der Waals surface area contributed by atoms with Gasteiger partial charge in [0.2, 0.25) is 4.77 Å². The van der Waals surface area contributed by atoms with Crippen molar-refractivity contribution < 1.29 is 0 Å². The fraction of sp³-hybridized carbons (Fsp3) is 0.222. The Labute approximate surface area is 141 Å². The number of para-hydroxylation sites is 1. The maximum absolute atomic E-state index is 5.54. The zero-order chi connectivity index (χ0) is 16.2. The van der Waals surface area contributed by atoms with Crippen molar-refractivity contribution in [2.75, 3.05) is 7.05 Å². The third-order valence-electron chi connectivity index (χ3n) is 3.72. The lowest BCUT2D eigenvalue weighted by atomic mass is 10.1. The average Bonchev–Trinajstić information content (AvgIpc) is 2.91.